The zero-order chi connectivity index (χ0) is 15.7. The molecule has 0 aliphatic heterocycles. The van der Waals surface area contributed by atoms with Crippen molar-refractivity contribution >= 4 is 40.6 Å². The summed E-state index contributed by atoms with van der Waals surface area (Å²) in [5.41, 5.74) is 0.524. The molecular weight excluding hydrogens is 339 g/mol. The van der Waals surface area contributed by atoms with Gasteiger partial charge in [0.1, 0.15) is 5.56 Å². The molecule has 0 spiro atoms. The second-order valence-electron chi connectivity index (χ2n) is 4.32. The number of ether oxygens (including phenoxy) is 1. The number of ketones is 1. The van der Waals surface area contributed by atoms with Gasteiger partial charge in [0.2, 0.25) is 11.7 Å². The van der Waals surface area contributed by atoms with Crippen LogP contribution in [-0.4, -0.2) is 27.3 Å². The molecule has 0 bridgehead atoms. The van der Waals surface area contributed by atoms with Crippen molar-refractivity contribution in [2.75, 3.05) is 6.61 Å². The number of nitrogens with zero attached hydrogens (tertiary/aromatic N) is 2. The van der Waals surface area contributed by atoms with Gasteiger partial charge < -0.3 is 9.84 Å². The molecule has 0 radical (unpaired) electrons. The van der Waals surface area contributed by atoms with Crippen LogP contribution in [0.1, 0.15) is 16.1 Å². The van der Waals surface area contributed by atoms with Crippen molar-refractivity contribution in [1.29, 1.82) is 0 Å². The Morgan fingerprint density at radius 2 is 1.90 bits per heavy atom. The molecule has 0 amide bonds. The summed E-state index contributed by atoms with van der Waals surface area (Å²) in [6.07, 6.45) is 0. The molecule has 0 aliphatic rings. The van der Waals surface area contributed by atoms with Crippen molar-refractivity contribution in [2.24, 2.45) is 7.05 Å². The van der Waals surface area contributed by atoms with Crippen LogP contribution in [-0.2, 0) is 7.05 Å². The van der Waals surface area contributed by atoms with Gasteiger partial charge in [0.05, 0.1) is 15.7 Å². The first kappa shape index (κ1) is 15.9. The highest BCUT2D eigenvalue weighted by molar-refractivity contribution is 6.40. The zero-order valence-corrected chi connectivity index (χ0v) is 13.4. The maximum absolute atomic E-state index is 12.1. The van der Waals surface area contributed by atoms with Crippen LogP contribution in [0.25, 0.3) is 0 Å². The van der Waals surface area contributed by atoms with Gasteiger partial charge in [-0.1, -0.05) is 34.8 Å². The fraction of sp³-hybridized carbons (Fsp3) is 0.231. The van der Waals surface area contributed by atoms with Gasteiger partial charge in [-0.3, -0.25) is 4.79 Å². The third-order valence-corrected chi connectivity index (χ3v) is 3.56. The van der Waals surface area contributed by atoms with Crippen LogP contribution >= 0.6 is 34.8 Å². The predicted molar refractivity (Wildman–Crippen MR) is 80.9 cm³/mol. The third-order valence-electron chi connectivity index (χ3n) is 2.78. The molecule has 8 heteroatoms. The number of hydrogen-bond acceptors (Lipinski definition) is 4. The van der Waals surface area contributed by atoms with Crippen molar-refractivity contribution in [3.8, 4) is 11.6 Å². The van der Waals surface area contributed by atoms with Gasteiger partial charge in [-0.25, -0.2) is 4.68 Å². The van der Waals surface area contributed by atoms with E-state index < -0.39 is 5.78 Å². The van der Waals surface area contributed by atoms with Crippen LogP contribution in [0.15, 0.2) is 12.1 Å². The largest absolute Gasteiger partial charge is 0.493 e. The van der Waals surface area contributed by atoms with Crippen LogP contribution in [0, 0.1) is 6.92 Å². The molecule has 5 nitrogen and oxygen atoms in total. The summed E-state index contributed by atoms with van der Waals surface area (Å²) < 4.78 is 6.55. The molecule has 2 aromatic rings. The number of hydrogen-bond donors (Lipinski definition) is 1. The summed E-state index contributed by atoms with van der Waals surface area (Å²) in [6.45, 7) is 1.29. The fourth-order valence-electron chi connectivity index (χ4n) is 1.85. The minimum atomic E-state index is -0.430. The normalized spacial score (nSPS) is 10.7. The predicted octanol–water partition coefficient (Wildman–Crippen LogP) is 3.66. The molecule has 2 rings (SSSR count). The number of rotatable bonds is 4. The minimum absolute atomic E-state index is 0.110. The number of halogens is 3. The number of aromatic nitrogens is 2. The van der Waals surface area contributed by atoms with Crippen LogP contribution in [0.4, 0.5) is 0 Å². The Bertz CT molecular complexity index is 690. The molecule has 1 aromatic heterocycles. The minimum Gasteiger partial charge on any atom is -0.493 e. The van der Waals surface area contributed by atoms with E-state index >= 15 is 0 Å². The van der Waals surface area contributed by atoms with Crippen molar-refractivity contribution < 1.29 is 14.6 Å². The van der Waals surface area contributed by atoms with Crippen molar-refractivity contribution in [2.45, 2.75) is 6.92 Å². The lowest BCUT2D eigenvalue weighted by Gasteiger charge is -2.09. The Balaban J connectivity index is 2.19. The van der Waals surface area contributed by atoms with Gasteiger partial charge >= 0.3 is 0 Å². The fourth-order valence-corrected chi connectivity index (χ4v) is 2.78. The lowest BCUT2D eigenvalue weighted by Crippen LogP contribution is -2.12. The Morgan fingerprint density at radius 1 is 1.33 bits per heavy atom. The first-order valence-electron chi connectivity index (χ1n) is 5.84. The van der Waals surface area contributed by atoms with E-state index in [4.69, 9.17) is 39.5 Å². The van der Waals surface area contributed by atoms with Gasteiger partial charge in [-0.15, -0.1) is 0 Å². The molecule has 0 saturated heterocycles. The lowest BCUT2D eigenvalue weighted by atomic mass is 10.2. The van der Waals surface area contributed by atoms with E-state index in [0.717, 1.165) is 0 Å². The van der Waals surface area contributed by atoms with E-state index in [9.17, 15) is 9.90 Å². The summed E-state index contributed by atoms with van der Waals surface area (Å²) >= 11 is 17.7. The number of aryl methyl sites for hydroxylation is 2. The highest BCUT2D eigenvalue weighted by Crippen LogP contribution is 2.36. The second-order valence-corrected chi connectivity index (χ2v) is 5.57. The lowest BCUT2D eigenvalue weighted by molar-refractivity contribution is 0.0918. The van der Waals surface area contributed by atoms with Crippen LogP contribution in [0.2, 0.25) is 15.1 Å². The first-order valence-corrected chi connectivity index (χ1v) is 6.97. The summed E-state index contributed by atoms with van der Waals surface area (Å²) in [5, 5.41) is 14.5. The molecule has 1 heterocycles. The monoisotopic (exact) mass is 348 g/mol. The molecule has 112 valence electrons. The van der Waals surface area contributed by atoms with E-state index in [0.29, 0.717) is 10.7 Å². The van der Waals surface area contributed by atoms with Gasteiger partial charge in [0.15, 0.2) is 12.4 Å². The van der Waals surface area contributed by atoms with E-state index in [1.54, 1.807) is 6.92 Å². The van der Waals surface area contributed by atoms with Crippen LogP contribution < -0.4 is 4.74 Å². The number of carbonyl (C=O) groups excluding carboxylic acids is 1. The molecule has 0 unspecified atom stereocenters. The van der Waals surface area contributed by atoms with Gasteiger partial charge in [0, 0.05) is 12.1 Å². The highest BCUT2D eigenvalue weighted by Gasteiger charge is 2.21. The first-order chi connectivity index (χ1) is 9.81. The second kappa shape index (κ2) is 6.13. The molecule has 0 atom stereocenters. The molecule has 1 N–H and O–H groups in total. The van der Waals surface area contributed by atoms with E-state index in [1.165, 1.54) is 23.9 Å². The maximum Gasteiger partial charge on any atom is 0.220 e. The van der Waals surface area contributed by atoms with Crippen molar-refractivity contribution in [3.63, 3.8) is 0 Å². The Kier molecular flexibility index (Phi) is 4.66. The number of carbonyl (C=O) groups is 1. The van der Waals surface area contributed by atoms with E-state index in [2.05, 4.69) is 5.10 Å². The topological polar surface area (TPSA) is 64.3 Å². The summed E-state index contributed by atoms with van der Waals surface area (Å²) in [6, 6.07) is 2.92. The average molecular weight is 350 g/mol. The number of aromatic hydroxyl groups is 1. The molecule has 0 saturated carbocycles. The summed E-state index contributed by atoms with van der Waals surface area (Å²) in [7, 11) is 1.53. The third kappa shape index (κ3) is 3.26. The zero-order valence-electron chi connectivity index (χ0n) is 11.2. The average Bonchev–Trinajstić information content (AvgIpc) is 2.61. The van der Waals surface area contributed by atoms with Crippen LogP contribution in [0.5, 0.6) is 11.6 Å². The van der Waals surface area contributed by atoms with Gasteiger partial charge in [-0.2, -0.15) is 5.10 Å². The van der Waals surface area contributed by atoms with Crippen molar-refractivity contribution in [1.82, 2.24) is 9.78 Å². The standard InChI is InChI=1S/C13H11Cl3N2O3/c1-6-11(13(20)18(2)17-6)10(19)5-21-12-8(15)3-7(14)4-9(12)16/h3-4,20H,5H2,1-2H3. The SMILES string of the molecule is Cc1nn(C)c(O)c1C(=O)COc1c(Cl)cc(Cl)cc1Cl. The molecule has 21 heavy (non-hydrogen) atoms. The molecule has 1 aromatic carbocycles. The van der Waals surface area contributed by atoms with E-state index in [1.807, 2.05) is 0 Å². The Hall–Kier alpha value is -1.43. The van der Waals surface area contributed by atoms with Gasteiger partial charge in [-0.05, 0) is 19.1 Å². The Morgan fingerprint density at radius 3 is 2.38 bits per heavy atom. The Labute approximate surface area is 136 Å². The molecule has 0 fully saturated rings. The summed E-state index contributed by atoms with van der Waals surface area (Å²) in [4.78, 5) is 12.1. The quantitative estimate of drug-likeness (QED) is 0.856. The molecule has 0 aliphatic carbocycles. The highest BCUT2D eigenvalue weighted by atomic mass is 35.5. The maximum atomic E-state index is 12.1. The summed E-state index contributed by atoms with van der Waals surface area (Å²) in [5.74, 6) is -0.480. The number of Topliss-reactive ketones (excluding diaryl/α,β-unsaturated/α-hetero) is 1. The van der Waals surface area contributed by atoms with E-state index in [-0.39, 0.29) is 33.8 Å². The van der Waals surface area contributed by atoms with Crippen molar-refractivity contribution in [3.05, 3.63) is 38.5 Å². The van der Waals surface area contributed by atoms with Crippen LogP contribution in [0.3, 0.4) is 0 Å². The molecular formula is C13H11Cl3N2O3. The number of benzene rings is 1. The smallest absolute Gasteiger partial charge is 0.220 e. The van der Waals surface area contributed by atoms with Gasteiger partial charge in [0.25, 0.3) is 0 Å².